The van der Waals surface area contributed by atoms with Gasteiger partial charge in [-0.15, -0.1) is 0 Å². The second-order valence-corrected chi connectivity index (χ2v) is 8.17. The second-order valence-electron chi connectivity index (χ2n) is 7.73. The van der Waals surface area contributed by atoms with E-state index in [0.29, 0.717) is 33.8 Å². The van der Waals surface area contributed by atoms with Crippen molar-refractivity contribution in [2.75, 3.05) is 11.5 Å². The zero-order valence-corrected chi connectivity index (χ0v) is 18.3. The van der Waals surface area contributed by atoms with Crippen LogP contribution >= 0.6 is 11.6 Å². The van der Waals surface area contributed by atoms with Gasteiger partial charge in [-0.05, 0) is 67.4 Å². The summed E-state index contributed by atoms with van der Waals surface area (Å²) in [4.78, 5) is 28.8. The first-order chi connectivity index (χ1) is 15.5. The lowest BCUT2D eigenvalue weighted by atomic mass is 9.98. The molecule has 1 aliphatic heterocycles. The molecule has 1 atom stereocenters. The molecule has 1 aromatic heterocycles. The average Bonchev–Trinajstić information content (AvgIpc) is 3.08. The van der Waals surface area contributed by atoms with Gasteiger partial charge in [0.25, 0.3) is 5.91 Å². The van der Waals surface area contributed by atoms with Gasteiger partial charge in [-0.1, -0.05) is 35.9 Å². The molecule has 0 bridgehead atoms. The molecule has 32 heavy (non-hydrogen) atoms. The number of hydrogen-bond acceptors (Lipinski definition) is 4. The van der Waals surface area contributed by atoms with Crippen LogP contribution in [0.2, 0.25) is 5.02 Å². The average molecular weight is 446 g/mol. The Morgan fingerprint density at radius 3 is 2.53 bits per heavy atom. The molecule has 5 rings (SSSR count). The second kappa shape index (κ2) is 7.84. The summed E-state index contributed by atoms with van der Waals surface area (Å²) in [7, 11) is 0. The molecule has 0 fully saturated rings. The number of halogens is 1. The fraction of sp³-hybridized carbons (Fsp3) is 0.154. The Morgan fingerprint density at radius 1 is 1.03 bits per heavy atom. The maximum atomic E-state index is 13.6. The molecular weight excluding hydrogens is 426 g/mol. The van der Waals surface area contributed by atoms with Gasteiger partial charge in [0.15, 0.2) is 5.43 Å². The summed E-state index contributed by atoms with van der Waals surface area (Å²) in [6.07, 6.45) is 0. The van der Waals surface area contributed by atoms with E-state index in [-0.39, 0.29) is 17.1 Å². The van der Waals surface area contributed by atoms with Gasteiger partial charge in [0, 0.05) is 10.7 Å². The maximum absolute atomic E-state index is 13.6. The molecule has 1 aliphatic rings. The summed E-state index contributed by atoms with van der Waals surface area (Å²) in [5.74, 6) is 0.434. The molecular formula is C26H20ClNO4. The monoisotopic (exact) mass is 445 g/mol. The fourth-order valence-corrected chi connectivity index (χ4v) is 4.39. The number of nitrogens with zero attached hydrogens (tertiary/aromatic N) is 1. The minimum Gasteiger partial charge on any atom is -0.494 e. The summed E-state index contributed by atoms with van der Waals surface area (Å²) < 4.78 is 11.5. The number of amides is 1. The van der Waals surface area contributed by atoms with Crippen LogP contribution in [0.25, 0.3) is 11.0 Å². The van der Waals surface area contributed by atoms with E-state index in [0.717, 1.165) is 16.9 Å². The lowest BCUT2D eigenvalue weighted by Gasteiger charge is -2.25. The van der Waals surface area contributed by atoms with Gasteiger partial charge >= 0.3 is 0 Å². The van der Waals surface area contributed by atoms with Crippen molar-refractivity contribution in [2.45, 2.75) is 19.9 Å². The summed E-state index contributed by atoms with van der Waals surface area (Å²) in [6.45, 7) is 4.43. The number of aryl methyl sites for hydroxylation is 1. The van der Waals surface area contributed by atoms with Crippen LogP contribution in [-0.2, 0) is 0 Å². The highest BCUT2D eigenvalue weighted by Gasteiger charge is 2.43. The molecule has 0 saturated heterocycles. The number of benzene rings is 3. The number of hydrogen-bond donors (Lipinski definition) is 0. The lowest BCUT2D eigenvalue weighted by molar-refractivity contribution is 0.0971. The van der Waals surface area contributed by atoms with Crippen molar-refractivity contribution in [3.05, 3.63) is 104 Å². The summed E-state index contributed by atoms with van der Waals surface area (Å²) >= 11 is 6.14. The smallest absolute Gasteiger partial charge is 0.295 e. The van der Waals surface area contributed by atoms with Crippen molar-refractivity contribution < 1.29 is 13.9 Å². The molecule has 160 valence electrons. The lowest BCUT2D eigenvalue weighted by Crippen LogP contribution is -2.29. The Kier molecular flexibility index (Phi) is 4.98. The van der Waals surface area contributed by atoms with Crippen LogP contribution in [0.1, 0.15) is 40.2 Å². The highest BCUT2D eigenvalue weighted by atomic mass is 35.5. The highest BCUT2D eigenvalue weighted by molar-refractivity contribution is 6.31. The maximum Gasteiger partial charge on any atom is 0.295 e. The van der Waals surface area contributed by atoms with Crippen molar-refractivity contribution in [1.29, 1.82) is 0 Å². The van der Waals surface area contributed by atoms with Crippen LogP contribution in [0.5, 0.6) is 5.75 Å². The first kappa shape index (κ1) is 20.3. The Labute approximate surface area is 189 Å². The minimum atomic E-state index is -0.630. The molecule has 4 aromatic rings. The van der Waals surface area contributed by atoms with Crippen molar-refractivity contribution in [3.8, 4) is 5.75 Å². The van der Waals surface area contributed by atoms with Crippen LogP contribution in [0.3, 0.4) is 0 Å². The quantitative estimate of drug-likeness (QED) is 0.392. The van der Waals surface area contributed by atoms with Gasteiger partial charge < -0.3 is 9.15 Å². The summed E-state index contributed by atoms with van der Waals surface area (Å²) in [5.41, 5.74) is 2.88. The van der Waals surface area contributed by atoms with Crippen molar-refractivity contribution in [3.63, 3.8) is 0 Å². The number of carbonyl (C=O) groups is 1. The van der Waals surface area contributed by atoms with Crippen LogP contribution in [0.4, 0.5) is 5.69 Å². The van der Waals surface area contributed by atoms with Gasteiger partial charge in [-0.2, -0.15) is 0 Å². The van der Waals surface area contributed by atoms with Gasteiger partial charge in [-0.3, -0.25) is 14.5 Å². The third kappa shape index (κ3) is 3.26. The van der Waals surface area contributed by atoms with Crippen LogP contribution < -0.4 is 15.1 Å². The first-order valence-corrected chi connectivity index (χ1v) is 10.7. The minimum absolute atomic E-state index is 0.0604. The number of carbonyl (C=O) groups excluding carboxylic acids is 1. The van der Waals surface area contributed by atoms with Crippen molar-refractivity contribution >= 4 is 34.2 Å². The fourth-order valence-electron chi connectivity index (χ4n) is 4.22. The summed E-state index contributed by atoms with van der Waals surface area (Å²) in [6, 6.07) is 19.3. The number of anilines is 1. The Bertz CT molecular complexity index is 1410. The first-order valence-electron chi connectivity index (χ1n) is 10.4. The van der Waals surface area contributed by atoms with Crippen LogP contribution in [0.15, 0.2) is 75.9 Å². The third-order valence-corrected chi connectivity index (χ3v) is 5.85. The van der Waals surface area contributed by atoms with E-state index in [1.54, 1.807) is 23.1 Å². The van der Waals surface area contributed by atoms with Gasteiger partial charge in [-0.25, -0.2) is 0 Å². The van der Waals surface area contributed by atoms with Crippen molar-refractivity contribution in [2.24, 2.45) is 0 Å². The Hall–Kier alpha value is -3.57. The number of rotatable bonds is 4. The standard InChI is InChI=1S/C26H20ClNO4/c1-3-31-19-10-7-16(8-11-19)23-22-24(29)20-14-17(27)9-12-21(20)32-25(22)26(30)28(23)18-6-4-5-15(2)13-18/h4-14,23H,3H2,1-2H3. The van der Waals surface area contributed by atoms with Gasteiger partial charge in [0.05, 0.1) is 23.6 Å². The molecule has 0 aliphatic carbocycles. The molecule has 0 N–H and O–H groups in total. The third-order valence-electron chi connectivity index (χ3n) is 5.62. The van der Waals surface area contributed by atoms with Gasteiger partial charge in [0.1, 0.15) is 11.3 Å². The van der Waals surface area contributed by atoms with E-state index in [9.17, 15) is 9.59 Å². The van der Waals surface area contributed by atoms with E-state index in [1.807, 2.05) is 62.4 Å². The molecule has 0 radical (unpaired) electrons. The molecule has 0 saturated carbocycles. The number of fused-ring (bicyclic) bond motifs is 2. The largest absolute Gasteiger partial charge is 0.494 e. The Morgan fingerprint density at radius 2 is 1.81 bits per heavy atom. The Balaban J connectivity index is 1.77. The van der Waals surface area contributed by atoms with Crippen molar-refractivity contribution in [1.82, 2.24) is 0 Å². The topological polar surface area (TPSA) is 59.8 Å². The molecule has 6 heteroatoms. The van der Waals surface area contributed by atoms with E-state index in [2.05, 4.69) is 0 Å². The molecule has 2 heterocycles. The predicted octanol–water partition coefficient (Wildman–Crippen LogP) is 5.90. The zero-order chi connectivity index (χ0) is 22.4. The highest BCUT2D eigenvalue weighted by Crippen LogP contribution is 2.41. The SMILES string of the molecule is CCOc1ccc(C2c3c(oc4ccc(Cl)cc4c3=O)C(=O)N2c2cccc(C)c2)cc1. The van der Waals surface area contributed by atoms with E-state index in [1.165, 1.54) is 0 Å². The summed E-state index contributed by atoms with van der Waals surface area (Å²) in [5, 5.41) is 0.785. The van der Waals surface area contributed by atoms with Crippen LogP contribution in [-0.4, -0.2) is 12.5 Å². The molecule has 0 spiro atoms. The zero-order valence-electron chi connectivity index (χ0n) is 17.6. The predicted molar refractivity (Wildman–Crippen MR) is 125 cm³/mol. The molecule has 1 unspecified atom stereocenters. The number of ether oxygens (including phenoxy) is 1. The van der Waals surface area contributed by atoms with E-state index < -0.39 is 6.04 Å². The van der Waals surface area contributed by atoms with E-state index in [4.69, 9.17) is 20.8 Å². The molecule has 1 amide bonds. The van der Waals surface area contributed by atoms with E-state index >= 15 is 0 Å². The van der Waals surface area contributed by atoms with Gasteiger partial charge in [0.2, 0.25) is 5.76 Å². The molecule has 3 aromatic carbocycles. The molecule has 5 nitrogen and oxygen atoms in total. The van der Waals surface area contributed by atoms with Crippen LogP contribution in [0, 0.1) is 6.92 Å². The normalized spacial score (nSPS) is 15.3.